The van der Waals surface area contributed by atoms with Crippen LogP contribution in [-0.4, -0.2) is 20.2 Å². The molecule has 2 aromatic carbocycles. The Kier molecular flexibility index (Phi) is 3.61. The van der Waals surface area contributed by atoms with Gasteiger partial charge >= 0.3 is 0 Å². The quantitative estimate of drug-likeness (QED) is 0.744. The van der Waals surface area contributed by atoms with Crippen molar-refractivity contribution in [2.45, 2.75) is 25.4 Å². The molecule has 0 saturated heterocycles. The van der Waals surface area contributed by atoms with Gasteiger partial charge in [0.1, 0.15) is 0 Å². The lowest BCUT2D eigenvalue weighted by Crippen LogP contribution is -2.28. The first-order chi connectivity index (χ1) is 11.2. The number of halogens is 1. The van der Waals surface area contributed by atoms with E-state index in [1.807, 2.05) is 4.68 Å². The van der Waals surface area contributed by atoms with Gasteiger partial charge in [-0.25, -0.2) is 4.68 Å². The fraction of sp³-hybridized carbons (Fsp3) is 0.235. The summed E-state index contributed by atoms with van der Waals surface area (Å²) in [5.41, 5.74) is 3.72. The van der Waals surface area contributed by atoms with E-state index in [0.717, 1.165) is 16.8 Å². The molecule has 2 atom stereocenters. The Labute approximate surface area is 142 Å². The van der Waals surface area contributed by atoms with Crippen molar-refractivity contribution in [2.24, 2.45) is 0 Å². The minimum Gasteiger partial charge on any atom is -0.346 e. The molecule has 0 unspecified atom stereocenters. The monoisotopic (exact) mass is 369 g/mol. The van der Waals surface area contributed by atoms with Crippen LogP contribution in [0.5, 0.6) is 0 Å². The van der Waals surface area contributed by atoms with Crippen molar-refractivity contribution >= 4 is 21.9 Å². The van der Waals surface area contributed by atoms with Crippen LogP contribution in [0.15, 0.2) is 53.0 Å². The highest BCUT2D eigenvalue weighted by atomic mass is 79.9. The average Bonchev–Trinajstić information content (AvgIpc) is 3.03. The SMILES string of the molecule is Cc1cccc([C@H]2C[C@H](c3ccc(Br)cc3)Nc3nnnn32)c1. The lowest BCUT2D eigenvalue weighted by molar-refractivity contribution is 0.423. The molecule has 1 aliphatic heterocycles. The van der Waals surface area contributed by atoms with Gasteiger partial charge in [0.05, 0.1) is 12.1 Å². The molecule has 1 aliphatic rings. The second-order valence-corrected chi connectivity index (χ2v) is 6.78. The molecule has 23 heavy (non-hydrogen) atoms. The first-order valence-corrected chi connectivity index (χ1v) is 8.36. The van der Waals surface area contributed by atoms with Crippen LogP contribution in [0.1, 0.15) is 35.2 Å². The van der Waals surface area contributed by atoms with Crippen molar-refractivity contribution in [1.29, 1.82) is 0 Å². The van der Waals surface area contributed by atoms with Crippen molar-refractivity contribution in [2.75, 3.05) is 5.32 Å². The van der Waals surface area contributed by atoms with Gasteiger partial charge in [0, 0.05) is 4.47 Å². The van der Waals surface area contributed by atoms with Gasteiger partial charge in [-0.3, -0.25) is 0 Å². The largest absolute Gasteiger partial charge is 0.346 e. The van der Waals surface area contributed by atoms with Crippen molar-refractivity contribution < 1.29 is 0 Å². The van der Waals surface area contributed by atoms with Crippen LogP contribution in [0.4, 0.5) is 5.95 Å². The van der Waals surface area contributed by atoms with Crippen LogP contribution >= 0.6 is 15.9 Å². The third-order valence-corrected chi connectivity index (χ3v) is 4.78. The predicted octanol–water partition coefficient (Wildman–Crippen LogP) is 3.89. The Balaban J connectivity index is 1.73. The van der Waals surface area contributed by atoms with Crippen molar-refractivity contribution in [1.82, 2.24) is 20.2 Å². The number of aromatic nitrogens is 4. The van der Waals surface area contributed by atoms with Gasteiger partial charge in [-0.1, -0.05) is 63.0 Å². The smallest absolute Gasteiger partial charge is 0.243 e. The van der Waals surface area contributed by atoms with Gasteiger partial charge in [-0.2, -0.15) is 0 Å². The maximum Gasteiger partial charge on any atom is 0.243 e. The number of nitrogens with one attached hydrogen (secondary N) is 1. The summed E-state index contributed by atoms with van der Waals surface area (Å²) in [7, 11) is 0. The Morgan fingerprint density at radius 2 is 1.96 bits per heavy atom. The van der Waals surface area contributed by atoms with Gasteiger partial charge in [0.2, 0.25) is 5.95 Å². The van der Waals surface area contributed by atoms with Crippen molar-refractivity contribution in [3.05, 3.63) is 69.7 Å². The molecule has 6 heteroatoms. The molecule has 0 bridgehead atoms. The van der Waals surface area contributed by atoms with E-state index in [4.69, 9.17) is 0 Å². The molecule has 0 spiro atoms. The molecule has 1 aromatic heterocycles. The zero-order valence-electron chi connectivity index (χ0n) is 12.6. The Hall–Kier alpha value is -2.21. The zero-order chi connectivity index (χ0) is 15.8. The van der Waals surface area contributed by atoms with E-state index in [-0.39, 0.29) is 12.1 Å². The number of hydrogen-bond donors (Lipinski definition) is 1. The molecule has 4 rings (SSSR count). The van der Waals surface area contributed by atoms with Crippen LogP contribution in [0.3, 0.4) is 0 Å². The lowest BCUT2D eigenvalue weighted by Gasteiger charge is -2.31. The summed E-state index contributed by atoms with van der Waals surface area (Å²) in [6.45, 7) is 2.11. The zero-order valence-corrected chi connectivity index (χ0v) is 14.2. The van der Waals surface area contributed by atoms with Gasteiger partial charge in [0.25, 0.3) is 0 Å². The fourth-order valence-corrected chi connectivity index (χ4v) is 3.37. The number of anilines is 1. The normalized spacial score (nSPS) is 19.9. The summed E-state index contributed by atoms with van der Waals surface area (Å²) < 4.78 is 2.96. The van der Waals surface area contributed by atoms with Gasteiger partial charge < -0.3 is 5.32 Å². The number of nitrogens with zero attached hydrogens (tertiary/aromatic N) is 4. The first-order valence-electron chi connectivity index (χ1n) is 7.57. The van der Waals surface area contributed by atoms with Crippen LogP contribution in [0, 0.1) is 6.92 Å². The summed E-state index contributed by atoms with van der Waals surface area (Å²) in [5.74, 6) is 0.718. The van der Waals surface area contributed by atoms with Crippen LogP contribution in [0.25, 0.3) is 0 Å². The molecule has 1 N–H and O–H groups in total. The first kappa shape index (κ1) is 14.4. The highest BCUT2D eigenvalue weighted by Crippen LogP contribution is 2.37. The summed E-state index contributed by atoms with van der Waals surface area (Å²) in [6, 6.07) is 17.3. The fourth-order valence-electron chi connectivity index (χ4n) is 3.11. The summed E-state index contributed by atoms with van der Waals surface area (Å²) in [6.07, 6.45) is 0.906. The number of aryl methyl sites for hydroxylation is 1. The number of fused-ring (bicyclic) bond motifs is 1. The molecule has 0 aliphatic carbocycles. The van der Waals surface area contributed by atoms with Crippen LogP contribution in [-0.2, 0) is 0 Å². The molecule has 0 fully saturated rings. The summed E-state index contributed by atoms with van der Waals surface area (Å²) in [4.78, 5) is 0. The minimum atomic E-state index is 0.134. The van der Waals surface area contributed by atoms with Crippen molar-refractivity contribution in [3.63, 3.8) is 0 Å². The number of rotatable bonds is 2. The topological polar surface area (TPSA) is 55.6 Å². The van der Waals surface area contributed by atoms with E-state index >= 15 is 0 Å². The van der Waals surface area contributed by atoms with E-state index in [2.05, 4.69) is 92.2 Å². The molecular formula is C17H16BrN5. The van der Waals surface area contributed by atoms with Crippen molar-refractivity contribution in [3.8, 4) is 0 Å². The lowest BCUT2D eigenvalue weighted by atomic mass is 9.93. The molecule has 5 nitrogen and oxygen atoms in total. The minimum absolute atomic E-state index is 0.134. The van der Waals surface area contributed by atoms with E-state index in [9.17, 15) is 0 Å². The van der Waals surface area contributed by atoms with Crippen LogP contribution in [0.2, 0.25) is 0 Å². The molecule has 3 aromatic rings. The van der Waals surface area contributed by atoms with E-state index in [1.54, 1.807) is 0 Å². The average molecular weight is 370 g/mol. The third kappa shape index (κ3) is 2.74. The summed E-state index contributed by atoms with van der Waals surface area (Å²) >= 11 is 3.49. The third-order valence-electron chi connectivity index (χ3n) is 4.25. The van der Waals surface area contributed by atoms with Gasteiger partial charge in [-0.15, -0.1) is 0 Å². The summed E-state index contributed by atoms with van der Waals surface area (Å²) in [5, 5.41) is 15.6. The Morgan fingerprint density at radius 1 is 1.13 bits per heavy atom. The van der Waals surface area contributed by atoms with E-state index in [1.165, 1.54) is 16.7 Å². The molecule has 2 heterocycles. The molecular weight excluding hydrogens is 354 g/mol. The molecule has 0 amide bonds. The molecule has 0 radical (unpaired) electrons. The Bertz CT molecular complexity index is 827. The maximum atomic E-state index is 4.17. The van der Waals surface area contributed by atoms with E-state index < -0.39 is 0 Å². The predicted molar refractivity (Wildman–Crippen MR) is 92.3 cm³/mol. The highest BCUT2D eigenvalue weighted by molar-refractivity contribution is 9.10. The number of benzene rings is 2. The molecule has 0 saturated carbocycles. The second-order valence-electron chi connectivity index (χ2n) is 5.86. The maximum absolute atomic E-state index is 4.17. The Morgan fingerprint density at radius 3 is 2.74 bits per heavy atom. The van der Waals surface area contributed by atoms with Crippen LogP contribution < -0.4 is 5.32 Å². The van der Waals surface area contributed by atoms with Gasteiger partial charge in [0.15, 0.2) is 0 Å². The second kappa shape index (κ2) is 5.77. The van der Waals surface area contributed by atoms with E-state index in [0.29, 0.717) is 0 Å². The number of tetrazole rings is 1. The highest BCUT2D eigenvalue weighted by Gasteiger charge is 2.30. The molecule has 116 valence electrons. The number of hydrogen-bond acceptors (Lipinski definition) is 4. The standard InChI is InChI=1S/C17H16BrN5/c1-11-3-2-4-13(9-11)16-10-15(12-5-7-14(18)8-6-12)19-17-20-21-22-23(16)17/h2-9,15-16H,10H2,1H3,(H,19,20,22)/t15-,16-/m1/s1. The van der Waals surface area contributed by atoms with Gasteiger partial charge in [-0.05, 0) is 47.0 Å².